The van der Waals surface area contributed by atoms with Crippen molar-refractivity contribution in [1.29, 1.82) is 0 Å². The Morgan fingerprint density at radius 1 is 0.356 bits per heavy atom. The molecule has 0 heterocycles. The number of rotatable bonds is 44. The maximum atomic E-state index is 12.8. The molecule has 0 aromatic carbocycles. The molecule has 0 rings (SSSR count). The summed E-state index contributed by atoms with van der Waals surface area (Å²) in [5, 5.41) is 0. The number of esters is 3. The van der Waals surface area contributed by atoms with E-state index in [4.69, 9.17) is 14.2 Å². The molecule has 340 valence electrons. The van der Waals surface area contributed by atoms with Crippen LogP contribution in [0.5, 0.6) is 0 Å². The number of carbonyl (C=O) groups excluding carboxylic acids is 3. The fraction of sp³-hybridized carbons (Fsp3) is 0.755. The molecular weight excluding hydrogens is 733 g/mol. The third kappa shape index (κ3) is 46.0. The molecule has 6 heteroatoms. The lowest BCUT2D eigenvalue weighted by atomic mass is 10.0. The second-order valence-electron chi connectivity index (χ2n) is 16.3. The Morgan fingerprint density at radius 3 is 1.10 bits per heavy atom. The van der Waals surface area contributed by atoms with Gasteiger partial charge in [-0.25, -0.2) is 0 Å². The van der Waals surface area contributed by atoms with E-state index in [9.17, 15) is 14.4 Å². The van der Waals surface area contributed by atoms with Gasteiger partial charge in [-0.1, -0.05) is 197 Å². The van der Waals surface area contributed by atoms with Gasteiger partial charge in [0.05, 0.1) is 0 Å². The van der Waals surface area contributed by atoms with Crippen LogP contribution in [-0.4, -0.2) is 37.2 Å². The SMILES string of the molecule is CC/C=C\C/C=C\C/C=C\C/C=C\CCCCCC(=O)OCC(COC(=O)CCCCCCC/C=C\CCCCC)OC(=O)CCCCCCCCCCCCCCC. The quantitative estimate of drug-likeness (QED) is 0.0263. The molecule has 0 aliphatic carbocycles. The highest BCUT2D eigenvalue weighted by atomic mass is 16.6. The van der Waals surface area contributed by atoms with E-state index in [2.05, 4.69) is 81.5 Å². The molecule has 0 bridgehead atoms. The number of unbranched alkanes of at least 4 members (excludes halogenated alkanes) is 23. The molecule has 0 spiro atoms. The number of hydrogen-bond acceptors (Lipinski definition) is 6. The Balaban J connectivity index is 4.43. The zero-order chi connectivity index (χ0) is 43.0. The van der Waals surface area contributed by atoms with E-state index >= 15 is 0 Å². The van der Waals surface area contributed by atoms with E-state index in [1.807, 2.05) is 0 Å². The van der Waals surface area contributed by atoms with Crippen LogP contribution in [0.1, 0.15) is 239 Å². The fourth-order valence-electron chi connectivity index (χ4n) is 6.78. The molecule has 1 unspecified atom stereocenters. The minimum absolute atomic E-state index is 0.0874. The van der Waals surface area contributed by atoms with Crippen LogP contribution in [0.2, 0.25) is 0 Å². The molecule has 0 aromatic rings. The first-order valence-electron chi connectivity index (χ1n) is 24.8. The van der Waals surface area contributed by atoms with Gasteiger partial charge in [-0.05, 0) is 83.5 Å². The van der Waals surface area contributed by atoms with E-state index in [0.717, 1.165) is 96.3 Å². The smallest absolute Gasteiger partial charge is 0.306 e. The maximum absolute atomic E-state index is 12.8. The Kier molecular flexibility index (Phi) is 45.4. The first-order chi connectivity index (χ1) is 29.0. The molecule has 1 atom stereocenters. The largest absolute Gasteiger partial charge is 0.462 e. The van der Waals surface area contributed by atoms with Crippen LogP contribution >= 0.6 is 0 Å². The van der Waals surface area contributed by atoms with Crippen molar-refractivity contribution in [3.8, 4) is 0 Å². The molecule has 0 amide bonds. The first kappa shape index (κ1) is 56.1. The summed E-state index contributed by atoms with van der Waals surface area (Å²) in [6, 6.07) is 0. The lowest BCUT2D eigenvalue weighted by Crippen LogP contribution is -2.30. The topological polar surface area (TPSA) is 78.9 Å². The number of carbonyl (C=O) groups is 3. The Labute approximate surface area is 364 Å². The molecule has 6 nitrogen and oxygen atoms in total. The zero-order valence-electron chi connectivity index (χ0n) is 38.8. The number of ether oxygens (including phenoxy) is 3. The van der Waals surface area contributed by atoms with Crippen molar-refractivity contribution < 1.29 is 28.6 Å². The molecule has 0 N–H and O–H groups in total. The van der Waals surface area contributed by atoms with Crippen LogP contribution in [0.15, 0.2) is 60.8 Å². The highest BCUT2D eigenvalue weighted by Crippen LogP contribution is 2.15. The third-order valence-corrected chi connectivity index (χ3v) is 10.5. The molecule has 0 saturated carbocycles. The molecule has 59 heavy (non-hydrogen) atoms. The maximum Gasteiger partial charge on any atom is 0.306 e. The van der Waals surface area contributed by atoms with E-state index in [1.165, 1.54) is 103 Å². The van der Waals surface area contributed by atoms with Gasteiger partial charge in [0, 0.05) is 19.3 Å². The van der Waals surface area contributed by atoms with Gasteiger partial charge in [0.25, 0.3) is 0 Å². The Bertz CT molecular complexity index is 1090. The molecule has 0 fully saturated rings. The molecule has 0 aliphatic heterocycles. The van der Waals surface area contributed by atoms with Gasteiger partial charge in [0.15, 0.2) is 6.10 Å². The van der Waals surface area contributed by atoms with Gasteiger partial charge >= 0.3 is 17.9 Å². The average Bonchev–Trinajstić information content (AvgIpc) is 3.23. The van der Waals surface area contributed by atoms with Crippen LogP contribution in [0, 0.1) is 0 Å². The predicted molar refractivity (Wildman–Crippen MR) is 251 cm³/mol. The minimum Gasteiger partial charge on any atom is -0.462 e. The average molecular weight is 825 g/mol. The monoisotopic (exact) mass is 825 g/mol. The van der Waals surface area contributed by atoms with Gasteiger partial charge in [-0.2, -0.15) is 0 Å². The first-order valence-corrected chi connectivity index (χ1v) is 24.8. The molecule has 0 radical (unpaired) electrons. The zero-order valence-corrected chi connectivity index (χ0v) is 38.8. The van der Waals surface area contributed by atoms with Crippen molar-refractivity contribution >= 4 is 17.9 Å². The van der Waals surface area contributed by atoms with Gasteiger partial charge in [0.1, 0.15) is 13.2 Å². The summed E-state index contributed by atoms with van der Waals surface area (Å²) in [7, 11) is 0. The van der Waals surface area contributed by atoms with E-state index in [1.54, 1.807) is 0 Å². The normalized spacial score (nSPS) is 12.5. The second kappa shape index (κ2) is 47.8. The lowest BCUT2D eigenvalue weighted by molar-refractivity contribution is -0.167. The standard InChI is InChI=1S/C53H92O6/c1-4-7-10-13-16-19-22-25-26-27-29-31-34-37-40-43-46-52(55)58-49-50(48-57-51(54)45-42-39-36-33-30-24-21-18-15-12-9-6-3)59-53(56)47-44-41-38-35-32-28-23-20-17-14-11-8-5-2/h7,10,16,18-19,21,25-26,29,31,50H,4-6,8-9,11-15,17,20,22-24,27-28,30,32-49H2,1-3H3/b10-7-,19-16-,21-18-,26-25-,31-29-. The second-order valence-corrected chi connectivity index (χ2v) is 16.3. The Hall–Kier alpha value is -2.89. The summed E-state index contributed by atoms with van der Waals surface area (Å²) >= 11 is 0. The van der Waals surface area contributed by atoms with Crippen molar-refractivity contribution in [3.05, 3.63) is 60.8 Å². The summed E-state index contributed by atoms with van der Waals surface area (Å²) in [6.07, 6.45) is 57.7. The predicted octanol–water partition coefficient (Wildman–Crippen LogP) is 16.1. The number of allylic oxidation sites excluding steroid dienone is 10. The summed E-state index contributed by atoms with van der Waals surface area (Å²) in [4.78, 5) is 37.9. The highest BCUT2D eigenvalue weighted by Gasteiger charge is 2.19. The van der Waals surface area contributed by atoms with E-state index in [0.29, 0.717) is 19.3 Å². The highest BCUT2D eigenvalue weighted by molar-refractivity contribution is 5.71. The van der Waals surface area contributed by atoms with Crippen molar-refractivity contribution in [2.75, 3.05) is 13.2 Å². The summed E-state index contributed by atoms with van der Waals surface area (Å²) in [5.74, 6) is -0.925. The molecule has 0 aromatic heterocycles. The van der Waals surface area contributed by atoms with Crippen LogP contribution in [-0.2, 0) is 28.6 Å². The molecule has 0 saturated heterocycles. The van der Waals surface area contributed by atoms with Gasteiger partial charge in [0.2, 0.25) is 0 Å². The molecule has 0 aliphatic rings. The lowest BCUT2D eigenvalue weighted by Gasteiger charge is -2.18. The number of hydrogen-bond donors (Lipinski definition) is 0. The van der Waals surface area contributed by atoms with Gasteiger partial charge in [-0.15, -0.1) is 0 Å². The van der Waals surface area contributed by atoms with Crippen molar-refractivity contribution in [3.63, 3.8) is 0 Å². The third-order valence-electron chi connectivity index (χ3n) is 10.5. The van der Waals surface area contributed by atoms with Crippen molar-refractivity contribution in [2.45, 2.75) is 245 Å². The van der Waals surface area contributed by atoms with Crippen LogP contribution in [0.3, 0.4) is 0 Å². The summed E-state index contributed by atoms with van der Waals surface area (Å²) < 4.78 is 16.7. The van der Waals surface area contributed by atoms with Crippen LogP contribution in [0.25, 0.3) is 0 Å². The van der Waals surface area contributed by atoms with Gasteiger partial charge < -0.3 is 14.2 Å². The van der Waals surface area contributed by atoms with E-state index in [-0.39, 0.29) is 31.1 Å². The van der Waals surface area contributed by atoms with Crippen LogP contribution in [0.4, 0.5) is 0 Å². The summed E-state index contributed by atoms with van der Waals surface area (Å²) in [6.45, 7) is 6.46. The van der Waals surface area contributed by atoms with Crippen molar-refractivity contribution in [2.24, 2.45) is 0 Å². The summed E-state index contributed by atoms with van der Waals surface area (Å²) in [5.41, 5.74) is 0. The molecular formula is C53H92O6. The Morgan fingerprint density at radius 2 is 0.661 bits per heavy atom. The minimum atomic E-state index is -0.787. The van der Waals surface area contributed by atoms with Crippen LogP contribution < -0.4 is 0 Å². The van der Waals surface area contributed by atoms with E-state index < -0.39 is 6.10 Å². The van der Waals surface area contributed by atoms with Crippen molar-refractivity contribution in [1.82, 2.24) is 0 Å². The fourth-order valence-corrected chi connectivity index (χ4v) is 6.78. The van der Waals surface area contributed by atoms with Gasteiger partial charge in [-0.3, -0.25) is 14.4 Å².